The highest BCUT2D eigenvalue weighted by molar-refractivity contribution is 6.07. The summed E-state index contributed by atoms with van der Waals surface area (Å²) in [5.74, 6) is -1.71. The van der Waals surface area contributed by atoms with Crippen LogP contribution in [0.5, 0.6) is 0 Å². The number of nitrogens with zero attached hydrogens (tertiary/aromatic N) is 4. The van der Waals surface area contributed by atoms with Crippen LogP contribution in [0, 0.1) is 5.82 Å². The van der Waals surface area contributed by atoms with Crippen LogP contribution in [0.2, 0.25) is 0 Å². The van der Waals surface area contributed by atoms with Gasteiger partial charge in [-0.15, -0.1) is 0 Å². The van der Waals surface area contributed by atoms with Crippen LogP contribution < -0.4 is 15.8 Å². The first kappa shape index (κ1) is 33.0. The third-order valence-corrected chi connectivity index (χ3v) is 7.96. The van der Waals surface area contributed by atoms with E-state index in [2.05, 4.69) is 10.2 Å². The van der Waals surface area contributed by atoms with Crippen LogP contribution in [0.1, 0.15) is 62.5 Å². The molecular formula is C31H39F4N5O4. The number of anilines is 2. The monoisotopic (exact) mass is 621 g/mol. The van der Waals surface area contributed by atoms with Gasteiger partial charge in [-0.2, -0.15) is 13.2 Å². The van der Waals surface area contributed by atoms with Crippen molar-refractivity contribution >= 4 is 28.9 Å². The summed E-state index contributed by atoms with van der Waals surface area (Å²) in [6, 6.07) is 3.18. The molecule has 0 saturated carbocycles. The second-order valence-electron chi connectivity index (χ2n) is 12.5. The molecule has 1 aromatic heterocycles. The van der Waals surface area contributed by atoms with Gasteiger partial charge in [0.25, 0.3) is 11.5 Å². The van der Waals surface area contributed by atoms with Crippen molar-refractivity contribution in [3.8, 4) is 0 Å². The minimum atomic E-state index is -4.96. The van der Waals surface area contributed by atoms with Crippen LogP contribution in [0.15, 0.2) is 35.3 Å². The van der Waals surface area contributed by atoms with Gasteiger partial charge in [0.1, 0.15) is 11.4 Å². The van der Waals surface area contributed by atoms with Crippen molar-refractivity contribution < 1.29 is 31.9 Å². The number of aromatic nitrogens is 1. The maximum Gasteiger partial charge on any atom is 0.417 e. The molecule has 1 saturated heterocycles. The number of carbonyl (C=O) groups is 2. The van der Waals surface area contributed by atoms with E-state index in [1.54, 1.807) is 26.8 Å². The molecule has 2 amide bonds. The second kappa shape index (κ2) is 12.3. The van der Waals surface area contributed by atoms with Crippen molar-refractivity contribution in [2.75, 3.05) is 43.4 Å². The van der Waals surface area contributed by atoms with Gasteiger partial charge in [0.2, 0.25) is 0 Å². The van der Waals surface area contributed by atoms with Gasteiger partial charge in [-0.1, -0.05) is 6.08 Å². The molecule has 240 valence electrons. The third-order valence-electron chi connectivity index (χ3n) is 7.96. The molecule has 9 nitrogen and oxygen atoms in total. The van der Waals surface area contributed by atoms with Crippen LogP contribution in [0.3, 0.4) is 0 Å². The fraction of sp³-hybridized carbons (Fsp3) is 0.516. The van der Waals surface area contributed by atoms with E-state index >= 15 is 4.39 Å². The van der Waals surface area contributed by atoms with E-state index in [0.717, 1.165) is 10.8 Å². The molecular weight excluding hydrogens is 582 g/mol. The van der Waals surface area contributed by atoms with Gasteiger partial charge in [-0.05, 0) is 65.8 Å². The largest absolute Gasteiger partial charge is 0.444 e. The van der Waals surface area contributed by atoms with E-state index in [0.29, 0.717) is 43.4 Å². The second-order valence-corrected chi connectivity index (χ2v) is 12.5. The molecule has 44 heavy (non-hydrogen) atoms. The zero-order valence-corrected chi connectivity index (χ0v) is 26.0. The number of likely N-dealkylation sites (N-methyl/N-ethyl adjacent to an activating group) is 1. The average Bonchev–Trinajstić information content (AvgIpc) is 2.92. The summed E-state index contributed by atoms with van der Waals surface area (Å²) in [6.07, 6.45) is -2.45. The maximum atomic E-state index is 15.9. The Morgan fingerprint density at radius 2 is 1.66 bits per heavy atom. The number of aryl methyl sites for hydroxylation is 1. The van der Waals surface area contributed by atoms with Crippen LogP contribution in [0.25, 0.3) is 5.57 Å². The Labute approximate surface area is 254 Å². The Kier molecular flexibility index (Phi) is 9.20. The Morgan fingerprint density at radius 3 is 2.25 bits per heavy atom. The highest BCUT2D eigenvalue weighted by Crippen LogP contribution is 2.37. The van der Waals surface area contributed by atoms with Crippen molar-refractivity contribution in [2.45, 2.75) is 64.9 Å². The van der Waals surface area contributed by atoms with E-state index in [-0.39, 0.29) is 29.9 Å². The van der Waals surface area contributed by atoms with E-state index in [1.807, 2.05) is 25.8 Å². The summed E-state index contributed by atoms with van der Waals surface area (Å²) in [7, 11) is 3.23. The predicted octanol–water partition coefficient (Wildman–Crippen LogP) is 5.35. The number of nitrogens with one attached hydrogen (secondary N) is 1. The van der Waals surface area contributed by atoms with Crippen LogP contribution in [-0.4, -0.2) is 77.3 Å². The highest BCUT2D eigenvalue weighted by Gasteiger charge is 2.37. The van der Waals surface area contributed by atoms with Gasteiger partial charge >= 0.3 is 12.3 Å². The van der Waals surface area contributed by atoms with E-state index in [9.17, 15) is 27.6 Å². The Bertz CT molecular complexity index is 1520. The molecule has 2 unspecified atom stereocenters. The molecule has 0 spiro atoms. The van der Waals surface area contributed by atoms with Gasteiger partial charge in [-0.3, -0.25) is 14.5 Å². The third kappa shape index (κ3) is 7.25. The first-order valence-electron chi connectivity index (χ1n) is 14.4. The number of benzene rings is 1. The summed E-state index contributed by atoms with van der Waals surface area (Å²) in [5, 5.41) is 2.59. The molecule has 1 N–H and O–H groups in total. The fourth-order valence-electron chi connectivity index (χ4n) is 5.43. The molecule has 1 aromatic carbocycles. The quantitative estimate of drug-likeness (QED) is 0.464. The summed E-state index contributed by atoms with van der Waals surface area (Å²) in [6.45, 7) is 10.6. The molecule has 0 radical (unpaired) electrons. The minimum absolute atomic E-state index is 0.0418. The van der Waals surface area contributed by atoms with Gasteiger partial charge in [0.05, 0.1) is 22.5 Å². The minimum Gasteiger partial charge on any atom is -0.444 e. The summed E-state index contributed by atoms with van der Waals surface area (Å²) in [4.78, 5) is 43.8. The standard InChI is InChI=1S/C31H39F4N5O4/c1-18-14-40(15-19(2)38(18)7)26-13-24(32)21(20-9-8-10-39(16-20)29(43)44-30(3,4)5)11-25(26)36-28(42)22-17-37(6)27(41)12-23(22)31(33,34)35/h9,11-13,17-19H,8,10,14-16H2,1-7H3,(H,36,42). The van der Waals surface area contributed by atoms with Crippen LogP contribution in [-0.2, 0) is 18.0 Å². The molecule has 3 heterocycles. The Morgan fingerprint density at radius 1 is 1.02 bits per heavy atom. The van der Waals surface area contributed by atoms with E-state index in [1.165, 1.54) is 24.1 Å². The average molecular weight is 622 g/mol. The van der Waals surface area contributed by atoms with Crippen molar-refractivity contribution in [3.05, 3.63) is 63.3 Å². The summed E-state index contributed by atoms with van der Waals surface area (Å²) in [5.41, 5.74) is -2.77. The number of alkyl halides is 3. The lowest BCUT2D eigenvalue weighted by molar-refractivity contribution is -0.138. The van der Waals surface area contributed by atoms with Crippen LogP contribution >= 0.6 is 0 Å². The number of amides is 2. The highest BCUT2D eigenvalue weighted by atomic mass is 19.4. The number of halogens is 4. The van der Waals surface area contributed by atoms with E-state index < -0.39 is 46.3 Å². The molecule has 2 aliphatic rings. The zero-order valence-electron chi connectivity index (χ0n) is 26.0. The molecule has 0 bridgehead atoms. The lowest BCUT2D eigenvalue weighted by Crippen LogP contribution is -2.55. The summed E-state index contributed by atoms with van der Waals surface area (Å²) < 4.78 is 63.9. The maximum absolute atomic E-state index is 15.9. The van der Waals surface area contributed by atoms with Crippen molar-refractivity contribution in [1.82, 2.24) is 14.4 Å². The topological polar surface area (TPSA) is 87.1 Å². The molecule has 1 fully saturated rings. The van der Waals surface area contributed by atoms with E-state index in [4.69, 9.17) is 4.74 Å². The first-order valence-corrected chi connectivity index (χ1v) is 14.4. The van der Waals surface area contributed by atoms with Crippen molar-refractivity contribution in [3.63, 3.8) is 0 Å². The van der Waals surface area contributed by atoms with Gasteiger partial charge in [-0.25, -0.2) is 9.18 Å². The lowest BCUT2D eigenvalue weighted by Gasteiger charge is -2.44. The van der Waals surface area contributed by atoms with Gasteiger partial charge < -0.3 is 24.4 Å². The molecule has 2 aromatic rings. The molecule has 0 aliphatic carbocycles. The first-order chi connectivity index (χ1) is 20.4. The number of rotatable bonds is 4. The number of ether oxygens (including phenoxy) is 1. The number of hydrogen-bond donors (Lipinski definition) is 1. The smallest absolute Gasteiger partial charge is 0.417 e. The fourth-order valence-corrected chi connectivity index (χ4v) is 5.43. The zero-order chi connectivity index (χ0) is 32.7. The molecule has 2 aliphatic heterocycles. The van der Waals surface area contributed by atoms with Gasteiger partial charge in [0, 0.05) is 63.1 Å². The number of pyridine rings is 1. The number of carbonyl (C=O) groups excluding carboxylic acids is 2. The normalized spacial score (nSPS) is 19.9. The van der Waals surface area contributed by atoms with Crippen molar-refractivity contribution in [1.29, 1.82) is 0 Å². The van der Waals surface area contributed by atoms with Crippen molar-refractivity contribution in [2.24, 2.45) is 7.05 Å². The lowest BCUT2D eigenvalue weighted by atomic mass is 9.98. The molecule has 4 rings (SSSR count). The van der Waals surface area contributed by atoms with Crippen LogP contribution in [0.4, 0.5) is 33.7 Å². The Balaban J connectivity index is 1.77. The SMILES string of the molecule is CC1CN(c2cc(F)c(C3=CCCN(C(=O)OC(C)(C)C)C3)cc2NC(=O)c2cn(C)c(=O)cc2C(F)(F)F)CC(C)N1C. The molecule has 13 heteroatoms. The number of hydrogen-bond acceptors (Lipinski definition) is 6. The predicted molar refractivity (Wildman–Crippen MR) is 160 cm³/mol. The molecule has 2 atom stereocenters. The summed E-state index contributed by atoms with van der Waals surface area (Å²) >= 11 is 0. The Hall–Kier alpha value is -3.87. The van der Waals surface area contributed by atoms with Gasteiger partial charge in [0.15, 0.2) is 0 Å². The number of piperazine rings is 1.